The van der Waals surface area contributed by atoms with Crippen LogP contribution in [0.3, 0.4) is 0 Å². The van der Waals surface area contributed by atoms with Crippen LogP contribution in [0.4, 0.5) is 0 Å². The first-order valence-corrected chi connectivity index (χ1v) is 4.25. The van der Waals surface area contributed by atoms with E-state index in [1.807, 2.05) is 0 Å². The lowest BCUT2D eigenvalue weighted by molar-refractivity contribution is -0.139. The molecule has 0 radical (unpaired) electrons. The van der Waals surface area contributed by atoms with Crippen molar-refractivity contribution in [1.29, 1.82) is 0 Å². The normalized spacial score (nSPS) is 9.33. The number of hydrogen-bond acceptors (Lipinski definition) is 3. The van der Waals surface area contributed by atoms with E-state index in [2.05, 4.69) is 6.58 Å². The van der Waals surface area contributed by atoms with Gasteiger partial charge in [0.1, 0.15) is 6.61 Å². The van der Waals surface area contributed by atoms with Crippen molar-refractivity contribution in [2.24, 2.45) is 0 Å². The molecule has 0 fully saturated rings. The third-order valence-electron chi connectivity index (χ3n) is 1.78. The number of carboxylic acid groups (broad SMARTS) is 1. The number of hydrogen-bond donors (Lipinski definition) is 1. The molecule has 0 heterocycles. The minimum absolute atomic E-state index is 0.0622. The largest absolute Gasteiger partial charge is 0.478 e. The number of carbonyl (C=O) groups excluding carboxylic acids is 1. The lowest BCUT2D eigenvalue weighted by Gasteiger charge is -2.05. The van der Waals surface area contributed by atoms with E-state index in [-0.39, 0.29) is 12.2 Å². The number of aromatic carboxylic acids is 1. The van der Waals surface area contributed by atoms with E-state index in [0.717, 1.165) is 6.08 Å². The van der Waals surface area contributed by atoms with E-state index in [1.54, 1.807) is 18.2 Å². The van der Waals surface area contributed by atoms with Crippen LogP contribution in [0.5, 0.6) is 0 Å². The maximum absolute atomic E-state index is 10.8. The van der Waals surface area contributed by atoms with Gasteiger partial charge in [-0.25, -0.2) is 9.59 Å². The molecule has 0 aliphatic carbocycles. The molecular formula is C11H10O4. The molecule has 0 amide bonds. The van der Waals surface area contributed by atoms with Crippen LogP contribution < -0.4 is 0 Å². The smallest absolute Gasteiger partial charge is 0.336 e. The third kappa shape index (κ3) is 2.95. The fourth-order valence-corrected chi connectivity index (χ4v) is 1.06. The second-order valence-corrected chi connectivity index (χ2v) is 2.77. The molecule has 0 atom stereocenters. The van der Waals surface area contributed by atoms with E-state index in [1.165, 1.54) is 6.07 Å². The maximum Gasteiger partial charge on any atom is 0.336 e. The van der Waals surface area contributed by atoms with E-state index >= 15 is 0 Å². The minimum Gasteiger partial charge on any atom is -0.478 e. The number of ether oxygens (including phenoxy) is 1. The zero-order valence-electron chi connectivity index (χ0n) is 7.97. The molecule has 0 bridgehead atoms. The first kappa shape index (κ1) is 11.0. The summed E-state index contributed by atoms with van der Waals surface area (Å²) in [5.41, 5.74) is 0.592. The van der Waals surface area contributed by atoms with Gasteiger partial charge in [0.15, 0.2) is 0 Å². The topological polar surface area (TPSA) is 63.6 Å². The second-order valence-electron chi connectivity index (χ2n) is 2.77. The molecular weight excluding hydrogens is 196 g/mol. The molecule has 0 aromatic heterocycles. The quantitative estimate of drug-likeness (QED) is 0.600. The van der Waals surface area contributed by atoms with Crippen LogP contribution in [0.1, 0.15) is 15.9 Å². The van der Waals surface area contributed by atoms with Crippen molar-refractivity contribution < 1.29 is 19.4 Å². The Hall–Kier alpha value is -2.10. The van der Waals surface area contributed by atoms with Gasteiger partial charge in [-0.05, 0) is 6.07 Å². The Morgan fingerprint density at radius 3 is 2.67 bits per heavy atom. The van der Waals surface area contributed by atoms with Crippen molar-refractivity contribution in [3.8, 4) is 0 Å². The monoisotopic (exact) mass is 206 g/mol. The van der Waals surface area contributed by atoms with Crippen molar-refractivity contribution in [2.75, 3.05) is 0 Å². The molecule has 0 unspecified atom stereocenters. The number of carboxylic acids is 1. The Balaban J connectivity index is 2.80. The molecule has 4 nitrogen and oxygen atoms in total. The molecule has 0 spiro atoms. The van der Waals surface area contributed by atoms with E-state index < -0.39 is 11.9 Å². The molecule has 1 N–H and O–H groups in total. The van der Waals surface area contributed by atoms with Crippen LogP contribution in [0.15, 0.2) is 36.9 Å². The lowest BCUT2D eigenvalue weighted by atomic mass is 10.1. The molecule has 0 saturated heterocycles. The fourth-order valence-electron chi connectivity index (χ4n) is 1.06. The van der Waals surface area contributed by atoms with Gasteiger partial charge in [-0.15, -0.1) is 0 Å². The zero-order valence-corrected chi connectivity index (χ0v) is 7.97. The third-order valence-corrected chi connectivity index (χ3v) is 1.78. The minimum atomic E-state index is -1.04. The lowest BCUT2D eigenvalue weighted by Crippen LogP contribution is -2.06. The van der Waals surface area contributed by atoms with Crippen molar-refractivity contribution in [2.45, 2.75) is 6.61 Å². The Morgan fingerprint density at radius 2 is 2.07 bits per heavy atom. The van der Waals surface area contributed by atoms with E-state index in [4.69, 9.17) is 9.84 Å². The van der Waals surface area contributed by atoms with E-state index in [0.29, 0.717) is 5.56 Å². The van der Waals surface area contributed by atoms with Crippen molar-refractivity contribution in [3.63, 3.8) is 0 Å². The molecule has 0 saturated carbocycles. The van der Waals surface area contributed by atoms with Gasteiger partial charge < -0.3 is 9.84 Å². The highest BCUT2D eigenvalue weighted by molar-refractivity contribution is 5.89. The first-order valence-electron chi connectivity index (χ1n) is 4.25. The molecule has 1 aromatic rings. The average Bonchev–Trinajstić information content (AvgIpc) is 2.26. The fraction of sp³-hybridized carbons (Fsp3) is 0.0909. The molecule has 78 valence electrons. The molecule has 0 aliphatic heterocycles. The van der Waals surface area contributed by atoms with E-state index in [9.17, 15) is 9.59 Å². The van der Waals surface area contributed by atoms with Gasteiger partial charge in [-0.3, -0.25) is 0 Å². The second kappa shape index (κ2) is 4.95. The summed E-state index contributed by atoms with van der Waals surface area (Å²) in [5, 5.41) is 8.83. The summed E-state index contributed by atoms with van der Waals surface area (Å²) < 4.78 is 4.75. The van der Waals surface area contributed by atoms with Gasteiger partial charge in [0, 0.05) is 11.6 Å². The predicted octanol–water partition coefficient (Wildman–Crippen LogP) is 1.61. The van der Waals surface area contributed by atoms with Gasteiger partial charge >= 0.3 is 11.9 Å². The standard InChI is InChI=1S/C11H10O4/c1-2-10(12)15-7-8-5-3-4-6-9(8)11(13)14/h2-6H,1,7H2,(H,13,14). The maximum atomic E-state index is 10.8. The number of benzene rings is 1. The summed E-state index contributed by atoms with van der Waals surface area (Å²) in [7, 11) is 0. The van der Waals surface area contributed by atoms with Crippen molar-refractivity contribution in [3.05, 3.63) is 48.0 Å². The Kier molecular flexibility index (Phi) is 3.62. The van der Waals surface area contributed by atoms with Gasteiger partial charge in [-0.2, -0.15) is 0 Å². The highest BCUT2D eigenvalue weighted by Crippen LogP contribution is 2.10. The van der Waals surface area contributed by atoms with Gasteiger partial charge in [-0.1, -0.05) is 24.8 Å². The predicted molar refractivity (Wildman–Crippen MR) is 53.4 cm³/mol. The highest BCUT2D eigenvalue weighted by atomic mass is 16.5. The summed E-state index contributed by atoms with van der Waals surface area (Å²) in [5.74, 6) is -1.62. The van der Waals surface area contributed by atoms with Crippen LogP contribution in [-0.4, -0.2) is 17.0 Å². The number of rotatable bonds is 4. The zero-order chi connectivity index (χ0) is 11.3. The summed E-state index contributed by atoms with van der Waals surface area (Å²) in [6.45, 7) is 3.18. The number of esters is 1. The van der Waals surface area contributed by atoms with Gasteiger partial charge in [0.25, 0.3) is 0 Å². The van der Waals surface area contributed by atoms with Crippen LogP contribution in [0.25, 0.3) is 0 Å². The van der Waals surface area contributed by atoms with Crippen LogP contribution >= 0.6 is 0 Å². The average molecular weight is 206 g/mol. The number of carbonyl (C=O) groups is 2. The summed E-state index contributed by atoms with van der Waals surface area (Å²) >= 11 is 0. The molecule has 1 rings (SSSR count). The molecule has 0 aliphatic rings. The Morgan fingerprint density at radius 1 is 1.40 bits per heavy atom. The van der Waals surface area contributed by atoms with Crippen molar-refractivity contribution in [1.82, 2.24) is 0 Å². The highest BCUT2D eigenvalue weighted by Gasteiger charge is 2.09. The van der Waals surface area contributed by atoms with Crippen LogP contribution in [0, 0.1) is 0 Å². The van der Waals surface area contributed by atoms with Gasteiger partial charge in [0.05, 0.1) is 5.56 Å². The summed E-state index contributed by atoms with van der Waals surface area (Å²) in [6.07, 6.45) is 1.03. The Labute approximate surface area is 86.8 Å². The van der Waals surface area contributed by atoms with Crippen LogP contribution in [0.2, 0.25) is 0 Å². The molecule has 4 heteroatoms. The summed E-state index contributed by atoms with van der Waals surface area (Å²) in [4.78, 5) is 21.6. The van der Waals surface area contributed by atoms with Gasteiger partial charge in [0.2, 0.25) is 0 Å². The SMILES string of the molecule is C=CC(=O)OCc1ccccc1C(=O)O. The molecule has 15 heavy (non-hydrogen) atoms. The Bertz CT molecular complexity index is 395. The first-order chi connectivity index (χ1) is 7.15. The molecule has 1 aromatic carbocycles. The van der Waals surface area contributed by atoms with Crippen LogP contribution in [-0.2, 0) is 16.1 Å². The van der Waals surface area contributed by atoms with Crippen molar-refractivity contribution >= 4 is 11.9 Å². The summed E-state index contributed by atoms with van der Waals surface area (Å²) in [6, 6.07) is 6.35.